The first-order valence-corrected chi connectivity index (χ1v) is 8.92. The van der Waals surface area contributed by atoms with Gasteiger partial charge in [0.15, 0.2) is 9.84 Å². The van der Waals surface area contributed by atoms with Gasteiger partial charge in [-0.15, -0.1) is 0 Å². The standard InChI is InChI=1S/C15H20F3NO2S/c1-12-2-4-14(5-3-12)22(20,21)11-10-19-8-6-13(7-9-19)15(16,17)18/h2-5,13H,6-11H2,1H3. The largest absolute Gasteiger partial charge is 0.391 e. The Bertz CT molecular complexity index is 588. The van der Waals surface area contributed by atoms with Crippen molar-refractivity contribution in [2.24, 2.45) is 5.92 Å². The van der Waals surface area contributed by atoms with Crippen LogP contribution in [0.5, 0.6) is 0 Å². The molecule has 1 aliphatic heterocycles. The Labute approximate surface area is 129 Å². The number of aryl methyl sites for hydroxylation is 1. The number of sulfone groups is 1. The predicted molar refractivity (Wildman–Crippen MR) is 78.5 cm³/mol. The first kappa shape index (κ1) is 17.3. The SMILES string of the molecule is Cc1ccc(S(=O)(=O)CCN2CCC(C(F)(F)F)CC2)cc1. The summed E-state index contributed by atoms with van der Waals surface area (Å²) in [5, 5.41) is 0. The predicted octanol–water partition coefficient (Wildman–Crippen LogP) is 3.04. The molecule has 0 unspecified atom stereocenters. The van der Waals surface area contributed by atoms with E-state index in [1.165, 1.54) is 0 Å². The number of piperidine rings is 1. The van der Waals surface area contributed by atoms with Crippen LogP contribution in [-0.4, -0.2) is 44.9 Å². The lowest BCUT2D eigenvalue weighted by Crippen LogP contribution is -2.40. The molecule has 2 rings (SSSR count). The normalized spacial score (nSPS) is 18.5. The lowest BCUT2D eigenvalue weighted by Gasteiger charge is -2.32. The molecule has 0 radical (unpaired) electrons. The molecule has 0 aromatic heterocycles. The van der Waals surface area contributed by atoms with Gasteiger partial charge in [0.25, 0.3) is 0 Å². The van der Waals surface area contributed by atoms with Crippen LogP contribution in [0.2, 0.25) is 0 Å². The topological polar surface area (TPSA) is 37.4 Å². The minimum Gasteiger partial charge on any atom is -0.302 e. The summed E-state index contributed by atoms with van der Waals surface area (Å²) >= 11 is 0. The molecule has 3 nitrogen and oxygen atoms in total. The summed E-state index contributed by atoms with van der Waals surface area (Å²) in [6, 6.07) is 6.62. The minimum atomic E-state index is -4.14. The molecular formula is C15H20F3NO2S. The van der Waals surface area contributed by atoms with Gasteiger partial charge >= 0.3 is 6.18 Å². The zero-order valence-corrected chi connectivity index (χ0v) is 13.3. The van der Waals surface area contributed by atoms with Gasteiger partial charge in [0.2, 0.25) is 0 Å². The van der Waals surface area contributed by atoms with E-state index in [9.17, 15) is 21.6 Å². The van der Waals surface area contributed by atoms with E-state index >= 15 is 0 Å². The second-order valence-electron chi connectivity index (χ2n) is 5.79. The Morgan fingerprint density at radius 1 is 1.14 bits per heavy atom. The zero-order valence-electron chi connectivity index (χ0n) is 12.4. The van der Waals surface area contributed by atoms with Crippen molar-refractivity contribution >= 4 is 9.84 Å². The molecule has 0 saturated carbocycles. The molecule has 0 amide bonds. The van der Waals surface area contributed by atoms with Gasteiger partial charge in [-0.2, -0.15) is 13.2 Å². The molecule has 0 aliphatic carbocycles. The van der Waals surface area contributed by atoms with Gasteiger partial charge in [-0.3, -0.25) is 0 Å². The van der Waals surface area contributed by atoms with Gasteiger partial charge in [0.05, 0.1) is 16.6 Å². The summed E-state index contributed by atoms with van der Waals surface area (Å²) in [4.78, 5) is 2.07. The second kappa shape index (κ2) is 6.58. The van der Waals surface area contributed by atoms with Crippen LogP contribution in [0.15, 0.2) is 29.2 Å². The Balaban J connectivity index is 1.87. The van der Waals surface area contributed by atoms with Crippen LogP contribution >= 0.6 is 0 Å². The highest BCUT2D eigenvalue weighted by atomic mass is 32.2. The van der Waals surface area contributed by atoms with Crippen molar-refractivity contribution in [3.05, 3.63) is 29.8 Å². The second-order valence-corrected chi connectivity index (χ2v) is 7.90. The molecule has 0 N–H and O–H groups in total. The third-order valence-electron chi connectivity index (χ3n) is 4.11. The van der Waals surface area contributed by atoms with Gasteiger partial charge in [-0.05, 0) is 45.0 Å². The van der Waals surface area contributed by atoms with Gasteiger partial charge in [-0.1, -0.05) is 17.7 Å². The van der Waals surface area contributed by atoms with E-state index < -0.39 is 21.9 Å². The van der Waals surface area contributed by atoms with Gasteiger partial charge in [0.1, 0.15) is 0 Å². The molecule has 1 aliphatic rings. The monoisotopic (exact) mass is 335 g/mol. The van der Waals surface area contributed by atoms with E-state index in [1.54, 1.807) is 29.2 Å². The van der Waals surface area contributed by atoms with Crippen molar-refractivity contribution < 1.29 is 21.6 Å². The molecule has 22 heavy (non-hydrogen) atoms. The number of likely N-dealkylation sites (tertiary alicyclic amines) is 1. The summed E-state index contributed by atoms with van der Waals surface area (Å²) in [7, 11) is -3.38. The number of alkyl halides is 3. The molecule has 7 heteroatoms. The maximum Gasteiger partial charge on any atom is 0.391 e. The molecule has 1 fully saturated rings. The molecule has 124 valence electrons. The van der Waals surface area contributed by atoms with Crippen LogP contribution in [0.4, 0.5) is 13.2 Å². The van der Waals surface area contributed by atoms with Crippen LogP contribution in [0, 0.1) is 12.8 Å². The van der Waals surface area contributed by atoms with E-state index in [-0.39, 0.29) is 30.0 Å². The van der Waals surface area contributed by atoms with Crippen LogP contribution in [-0.2, 0) is 9.84 Å². The van der Waals surface area contributed by atoms with Crippen molar-refractivity contribution in [3.63, 3.8) is 0 Å². The van der Waals surface area contributed by atoms with Crippen LogP contribution in [0.25, 0.3) is 0 Å². The number of hydrogen-bond donors (Lipinski definition) is 0. The van der Waals surface area contributed by atoms with E-state index in [0.717, 1.165) is 5.56 Å². The fourth-order valence-corrected chi connectivity index (χ4v) is 3.88. The van der Waals surface area contributed by atoms with Crippen molar-refractivity contribution in [2.45, 2.75) is 30.8 Å². The first-order chi connectivity index (χ1) is 10.2. The third kappa shape index (κ3) is 4.46. The van der Waals surface area contributed by atoms with Crippen LogP contribution in [0.3, 0.4) is 0 Å². The smallest absolute Gasteiger partial charge is 0.302 e. The van der Waals surface area contributed by atoms with Crippen molar-refractivity contribution in [1.82, 2.24) is 4.90 Å². The number of halogens is 3. The molecular weight excluding hydrogens is 315 g/mol. The number of hydrogen-bond acceptors (Lipinski definition) is 3. The van der Waals surface area contributed by atoms with Gasteiger partial charge in [-0.25, -0.2) is 8.42 Å². The number of benzene rings is 1. The number of nitrogens with zero attached hydrogens (tertiary/aromatic N) is 1. The minimum absolute atomic E-state index is 0.0497. The van der Waals surface area contributed by atoms with Crippen molar-refractivity contribution in [2.75, 3.05) is 25.4 Å². The highest BCUT2D eigenvalue weighted by molar-refractivity contribution is 7.91. The van der Waals surface area contributed by atoms with Crippen LogP contribution < -0.4 is 0 Å². The summed E-state index contributed by atoms with van der Waals surface area (Å²) in [6.07, 6.45) is -4.04. The average molecular weight is 335 g/mol. The molecule has 1 saturated heterocycles. The van der Waals surface area contributed by atoms with Crippen molar-refractivity contribution in [1.29, 1.82) is 0 Å². The van der Waals surface area contributed by atoms with E-state index in [0.29, 0.717) is 13.1 Å². The number of rotatable bonds is 4. The third-order valence-corrected chi connectivity index (χ3v) is 5.82. The molecule has 1 heterocycles. The highest BCUT2D eigenvalue weighted by Crippen LogP contribution is 2.34. The molecule has 0 bridgehead atoms. The highest BCUT2D eigenvalue weighted by Gasteiger charge is 2.41. The molecule has 0 spiro atoms. The average Bonchev–Trinajstić information content (AvgIpc) is 2.45. The summed E-state index contributed by atoms with van der Waals surface area (Å²) < 4.78 is 62.2. The fraction of sp³-hybridized carbons (Fsp3) is 0.600. The quantitative estimate of drug-likeness (QED) is 0.849. The summed E-state index contributed by atoms with van der Waals surface area (Å²) in [6.45, 7) is 2.75. The summed E-state index contributed by atoms with van der Waals surface area (Å²) in [5.41, 5.74) is 0.980. The van der Waals surface area contributed by atoms with E-state index in [1.807, 2.05) is 6.92 Å². The zero-order chi connectivity index (χ0) is 16.4. The van der Waals surface area contributed by atoms with Gasteiger partial charge in [0, 0.05) is 6.54 Å². The maximum absolute atomic E-state index is 12.6. The Morgan fingerprint density at radius 3 is 2.18 bits per heavy atom. The fourth-order valence-electron chi connectivity index (χ4n) is 2.60. The lowest BCUT2D eigenvalue weighted by atomic mass is 9.96. The first-order valence-electron chi connectivity index (χ1n) is 7.27. The van der Waals surface area contributed by atoms with Crippen molar-refractivity contribution in [3.8, 4) is 0 Å². The lowest BCUT2D eigenvalue weighted by molar-refractivity contribution is -0.184. The van der Waals surface area contributed by atoms with Crippen LogP contribution in [0.1, 0.15) is 18.4 Å². The Hall–Kier alpha value is -1.08. The Morgan fingerprint density at radius 2 is 1.68 bits per heavy atom. The molecule has 1 aromatic rings. The maximum atomic E-state index is 12.6. The summed E-state index contributed by atoms with van der Waals surface area (Å²) in [5.74, 6) is -1.32. The molecule has 1 aromatic carbocycles. The van der Waals surface area contributed by atoms with Gasteiger partial charge < -0.3 is 4.90 Å². The Kier molecular flexibility index (Phi) is 5.17. The van der Waals surface area contributed by atoms with E-state index in [2.05, 4.69) is 0 Å². The molecule has 0 atom stereocenters. The van der Waals surface area contributed by atoms with E-state index in [4.69, 9.17) is 0 Å².